The highest BCUT2D eigenvalue weighted by Crippen LogP contribution is 2.37. The first-order valence-corrected chi connectivity index (χ1v) is 6.44. The molecular weight excluding hydrogens is 228 g/mol. The number of carboxylic acid groups (broad SMARTS) is 1. The first-order chi connectivity index (χ1) is 8.50. The maximum Gasteiger partial charge on any atom is 0.337 e. The number of nitrogens with one attached hydrogen (secondary N) is 1. The molecule has 1 aromatic rings. The van der Waals surface area contributed by atoms with Crippen molar-refractivity contribution in [1.82, 2.24) is 4.98 Å². The van der Waals surface area contributed by atoms with Crippen LogP contribution in [-0.2, 0) is 0 Å². The number of nitrogens with zero attached hydrogens (tertiary/aromatic N) is 1. The van der Waals surface area contributed by atoms with Gasteiger partial charge in [-0.1, -0.05) is 26.7 Å². The number of hydrogen-bond donors (Lipinski definition) is 2. The number of aromatic nitrogens is 1. The van der Waals surface area contributed by atoms with E-state index in [-0.39, 0.29) is 5.41 Å². The molecule has 0 radical (unpaired) electrons. The van der Waals surface area contributed by atoms with Crippen molar-refractivity contribution in [3.8, 4) is 0 Å². The van der Waals surface area contributed by atoms with Crippen LogP contribution in [0.5, 0.6) is 0 Å². The van der Waals surface area contributed by atoms with Gasteiger partial charge in [-0.05, 0) is 24.3 Å². The molecule has 2 N–H and O–H groups in total. The van der Waals surface area contributed by atoms with E-state index in [0.29, 0.717) is 17.3 Å². The summed E-state index contributed by atoms with van der Waals surface area (Å²) in [6.07, 6.45) is 7.83. The normalized spacial score (nSPS) is 22.4. The van der Waals surface area contributed by atoms with E-state index >= 15 is 0 Å². The van der Waals surface area contributed by atoms with Gasteiger partial charge in [-0.2, -0.15) is 0 Å². The molecule has 1 saturated carbocycles. The Kier molecular flexibility index (Phi) is 3.55. The molecule has 18 heavy (non-hydrogen) atoms. The van der Waals surface area contributed by atoms with Gasteiger partial charge in [0.15, 0.2) is 0 Å². The van der Waals surface area contributed by atoms with Crippen LogP contribution in [0.2, 0.25) is 0 Å². The van der Waals surface area contributed by atoms with E-state index in [0.717, 1.165) is 6.42 Å². The lowest BCUT2D eigenvalue weighted by Gasteiger charge is -2.39. The van der Waals surface area contributed by atoms with Crippen LogP contribution in [-0.4, -0.2) is 22.1 Å². The van der Waals surface area contributed by atoms with Gasteiger partial charge in [-0.15, -0.1) is 0 Å². The van der Waals surface area contributed by atoms with E-state index in [2.05, 4.69) is 24.1 Å². The van der Waals surface area contributed by atoms with Crippen LogP contribution in [0.15, 0.2) is 18.5 Å². The fourth-order valence-corrected chi connectivity index (χ4v) is 2.65. The summed E-state index contributed by atoms with van der Waals surface area (Å²) in [6, 6.07) is 1.86. The minimum atomic E-state index is -0.909. The van der Waals surface area contributed by atoms with Gasteiger partial charge < -0.3 is 10.4 Å². The fourth-order valence-electron chi connectivity index (χ4n) is 2.65. The molecule has 2 rings (SSSR count). The minimum absolute atomic E-state index is 0.198. The van der Waals surface area contributed by atoms with Crippen molar-refractivity contribution in [2.75, 3.05) is 5.32 Å². The first-order valence-electron chi connectivity index (χ1n) is 6.44. The molecule has 1 atom stereocenters. The van der Waals surface area contributed by atoms with Crippen LogP contribution in [0.4, 0.5) is 5.69 Å². The zero-order valence-electron chi connectivity index (χ0n) is 10.9. The van der Waals surface area contributed by atoms with Gasteiger partial charge in [0.2, 0.25) is 0 Å². The van der Waals surface area contributed by atoms with Gasteiger partial charge in [0.25, 0.3) is 0 Å². The van der Waals surface area contributed by atoms with Crippen LogP contribution in [0.3, 0.4) is 0 Å². The molecule has 0 aliphatic heterocycles. The standard InChI is InChI=1S/C14H20N2O2/c1-14(2)7-4-3-5-12(14)16-11-9-15-8-6-10(11)13(17)18/h6,8-9,12,16H,3-5,7H2,1-2H3,(H,17,18). The third kappa shape index (κ3) is 2.63. The molecule has 1 aliphatic carbocycles. The summed E-state index contributed by atoms with van der Waals surface area (Å²) in [7, 11) is 0. The maximum absolute atomic E-state index is 11.2. The van der Waals surface area contributed by atoms with Crippen LogP contribution in [0.1, 0.15) is 49.9 Å². The molecule has 0 saturated heterocycles. The molecular formula is C14H20N2O2. The van der Waals surface area contributed by atoms with Crippen molar-refractivity contribution in [2.45, 2.75) is 45.6 Å². The number of pyridine rings is 1. The van der Waals surface area contributed by atoms with E-state index in [9.17, 15) is 4.79 Å². The summed E-state index contributed by atoms with van der Waals surface area (Å²) in [5.41, 5.74) is 1.13. The quantitative estimate of drug-likeness (QED) is 0.862. The Bertz CT molecular complexity index is 443. The van der Waals surface area contributed by atoms with Gasteiger partial charge >= 0.3 is 5.97 Å². The second-order valence-corrected chi connectivity index (χ2v) is 5.66. The Morgan fingerprint density at radius 2 is 2.28 bits per heavy atom. The predicted molar refractivity (Wildman–Crippen MR) is 70.9 cm³/mol. The number of rotatable bonds is 3. The molecule has 0 bridgehead atoms. The molecule has 1 fully saturated rings. The van der Waals surface area contributed by atoms with Crippen molar-refractivity contribution >= 4 is 11.7 Å². The summed E-state index contributed by atoms with van der Waals surface area (Å²) in [5, 5.41) is 12.5. The predicted octanol–water partition coefficient (Wildman–Crippen LogP) is 3.16. The largest absolute Gasteiger partial charge is 0.478 e. The van der Waals surface area contributed by atoms with Gasteiger partial charge in [0, 0.05) is 12.2 Å². The number of hydrogen-bond acceptors (Lipinski definition) is 3. The molecule has 0 aromatic carbocycles. The molecule has 1 unspecified atom stereocenters. The lowest BCUT2D eigenvalue weighted by molar-refractivity contribution is 0.0697. The van der Waals surface area contributed by atoms with Crippen molar-refractivity contribution in [3.05, 3.63) is 24.0 Å². The fraction of sp³-hybridized carbons (Fsp3) is 0.571. The maximum atomic E-state index is 11.2. The molecule has 1 aliphatic rings. The summed E-state index contributed by atoms with van der Waals surface area (Å²) in [6.45, 7) is 4.47. The lowest BCUT2D eigenvalue weighted by atomic mass is 9.73. The summed E-state index contributed by atoms with van der Waals surface area (Å²) in [5.74, 6) is -0.909. The zero-order valence-corrected chi connectivity index (χ0v) is 10.9. The number of carbonyl (C=O) groups is 1. The van der Waals surface area contributed by atoms with E-state index < -0.39 is 5.97 Å². The Balaban J connectivity index is 2.21. The van der Waals surface area contributed by atoms with Crippen LogP contribution in [0, 0.1) is 5.41 Å². The molecule has 1 heterocycles. The lowest BCUT2D eigenvalue weighted by Crippen LogP contribution is -2.39. The highest BCUT2D eigenvalue weighted by atomic mass is 16.4. The van der Waals surface area contributed by atoms with E-state index in [1.54, 1.807) is 12.3 Å². The molecule has 0 amide bonds. The minimum Gasteiger partial charge on any atom is -0.478 e. The van der Waals surface area contributed by atoms with E-state index in [1.807, 2.05) is 0 Å². The van der Waals surface area contributed by atoms with Crippen molar-refractivity contribution < 1.29 is 9.90 Å². The Labute approximate surface area is 107 Å². The van der Waals surface area contributed by atoms with Crippen LogP contribution < -0.4 is 5.32 Å². The Hall–Kier alpha value is -1.58. The summed E-state index contributed by atoms with van der Waals surface area (Å²) < 4.78 is 0. The van der Waals surface area contributed by atoms with E-state index in [4.69, 9.17) is 5.11 Å². The topological polar surface area (TPSA) is 62.2 Å². The molecule has 98 valence electrons. The van der Waals surface area contributed by atoms with Crippen molar-refractivity contribution in [2.24, 2.45) is 5.41 Å². The molecule has 0 spiro atoms. The third-order valence-electron chi connectivity index (χ3n) is 3.89. The Morgan fingerprint density at radius 1 is 1.50 bits per heavy atom. The Morgan fingerprint density at radius 3 is 2.94 bits per heavy atom. The highest BCUT2D eigenvalue weighted by molar-refractivity contribution is 5.93. The SMILES string of the molecule is CC1(C)CCCCC1Nc1cnccc1C(=O)O. The monoisotopic (exact) mass is 248 g/mol. The average molecular weight is 248 g/mol. The van der Waals surface area contributed by atoms with Gasteiger partial charge in [0.05, 0.1) is 17.4 Å². The van der Waals surface area contributed by atoms with Crippen molar-refractivity contribution in [3.63, 3.8) is 0 Å². The first kappa shape index (κ1) is 12.9. The third-order valence-corrected chi connectivity index (χ3v) is 3.89. The number of carboxylic acids is 1. The van der Waals surface area contributed by atoms with Gasteiger partial charge in [-0.25, -0.2) is 4.79 Å². The van der Waals surface area contributed by atoms with Crippen LogP contribution in [0.25, 0.3) is 0 Å². The second-order valence-electron chi connectivity index (χ2n) is 5.66. The zero-order chi connectivity index (χ0) is 13.2. The number of aromatic carboxylic acids is 1. The van der Waals surface area contributed by atoms with E-state index in [1.165, 1.54) is 25.5 Å². The van der Waals surface area contributed by atoms with Crippen molar-refractivity contribution in [1.29, 1.82) is 0 Å². The highest BCUT2D eigenvalue weighted by Gasteiger charge is 2.32. The molecule has 4 nitrogen and oxygen atoms in total. The van der Waals surface area contributed by atoms with Crippen LogP contribution >= 0.6 is 0 Å². The average Bonchev–Trinajstić information content (AvgIpc) is 2.32. The molecule has 4 heteroatoms. The smallest absolute Gasteiger partial charge is 0.337 e. The van der Waals surface area contributed by atoms with Gasteiger partial charge in [-0.3, -0.25) is 4.98 Å². The van der Waals surface area contributed by atoms with Gasteiger partial charge in [0.1, 0.15) is 0 Å². The molecule has 1 aromatic heterocycles. The second kappa shape index (κ2) is 4.96. The summed E-state index contributed by atoms with van der Waals surface area (Å²) in [4.78, 5) is 15.2. The number of anilines is 1. The summed E-state index contributed by atoms with van der Waals surface area (Å²) >= 11 is 0.